The lowest BCUT2D eigenvalue weighted by Crippen LogP contribution is -2.19. The first kappa shape index (κ1) is 16.7. The third-order valence-electron chi connectivity index (χ3n) is 4.58. The smallest absolute Gasteiger partial charge is 0.339 e. The molecule has 0 aromatic heterocycles. The van der Waals surface area contributed by atoms with E-state index in [1.54, 1.807) is 6.07 Å². The van der Waals surface area contributed by atoms with Crippen molar-refractivity contribution < 1.29 is 14.3 Å². The minimum atomic E-state index is -0.294. The predicted molar refractivity (Wildman–Crippen MR) is 93.2 cm³/mol. The molecule has 2 aliphatic heterocycles. The van der Waals surface area contributed by atoms with Gasteiger partial charge in [0.05, 0.1) is 17.7 Å². The minimum Gasteiger partial charge on any atom is -0.454 e. The summed E-state index contributed by atoms with van der Waals surface area (Å²) in [5.74, 6) is -0.357. The monoisotopic (exact) mass is 328 g/mol. The van der Waals surface area contributed by atoms with Crippen LogP contribution in [0.1, 0.15) is 80.8 Å². The number of hydrazone groups is 1. The highest BCUT2D eigenvalue weighted by molar-refractivity contribution is 6.12. The SMILES string of the molecule is CCCCCCCC1OC(=O)c2cc(N3N=C(C)CC3=O)ccc21. The summed E-state index contributed by atoms with van der Waals surface area (Å²) in [4.78, 5) is 24.1. The fourth-order valence-electron chi connectivity index (χ4n) is 3.29. The van der Waals surface area contributed by atoms with Crippen LogP contribution >= 0.6 is 0 Å². The van der Waals surface area contributed by atoms with Crippen LogP contribution in [0.3, 0.4) is 0 Å². The number of rotatable bonds is 7. The van der Waals surface area contributed by atoms with Crippen LogP contribution in [0, 0.1) is 0 Å². The number of hydrogen-bond acceptors (Lipinski definition) is 4. The highest BCUT2D eigenvalue weighted by Crippen LogP contribution is 2.37. The average Bonchev–Trinajstić information content (AvgIpc) is 3.06. The predicted octanol–water partition coefficient (Wildman–Crippen LogP) is 4.37. The zero-order valence-electron chi connectivity index (χ0n) is 14.4. The Morgan fingerprint density at radius 1 is 1.21 bits per heavy atom. The van der Waals surface area contributed by atoms with Gasteiger partial charge in [-0.2, -0.15) is 5.10 Å². The molecule has 2 heterocycles. The molecule has 0 aliphatic carbocycles. The van der Waals surface area contributed by atoms with Crippen molar-refractivity contribution in [3.05, 3.63) is 29.3 Å². The standard InChI is InChI=1S/C19H24N2O3/c1-3-4-5-6-7-8-17-15-10-9-14(12-16(15)19(23)24-17)21-18(22)11-13(2)20-21/h9-10,12,17H,3-8,11H2,1-2H3. The van der Waals surface area contributed by atoms with E-state index in [9.17, 15) is 9.59 Å². The van der Waals surface area contributed by atoms with E-state index in [0.717, 1.165) is 24.1 Å². The van der Waals surface area contributed by atoms with E-state index in [0.29, 0.717) is 17.7 Å². The third kappa shape index (κ3) is 3.35. The Hall–Kier alpha value is -2.17. The number of fused-ring (bicyclic) bond motifs is 1. The molecule has 0 radical (unpaired) electrons. The second-order valence-corrected chi connectivity index (χ2v) is 6.59. The van der Waals surface area contributed by atoms with Gasteiger partial charge in [0.2, 0.25) is 0 Å². The first-order chi connectivity index (χ1) is 11.6. The lowest BCUT2D eigenvalue weighted by atomic mass is 9.99. The first-order valence-corrected chi connectivity index (χ1v) is 8.82. The Kier molecular flexibility index (Phi) is 4.97. The van der Waals surface area contributed by atoms with Crippen LogP contribution < -0.4 is 5.01 Å². The van der Waals surface area contributed by atoms with E-state index in [1.807, 2.05) is 19.1 Å². The molecule has 1 aromatic carbocycles. The molecule has 0 spiro atoms. The highest BCUT2D eigenvalue weighted by atomic mass is 16.5. The maximum atomic E-state index is 12.2. The van der Waals surface area contributed by atoms with Crippen molar-refractivity contribution in [2.45, 2.75) is 64.9 Å². The molecule has 2 aliphatic rings. The van der Waals surface area contributed by atoms with E-state index in [1.165, 1.54) is 30.7 Å². The van der Waals surface area contributed by atoms with Crippen molar-refractivity contribution in [1.82, 2.24) is 0 Å². The number of anilines is 1. The molecular formula is C19H24N2O3. The summed E-state index contributed by atoms with van der Waals surface area (Å²) in [6.45, 7) is 4.03. The summed E-state index contributed by atoms with van der Waals surface area (Å²) in [6.07, 6.45) is 7.00. The summed E-state index contributed by atoms with van der Waals surface area (Å²) in [5.41, 5.74) is 2.93. The van der Waals surface area contributed by atoms with Gasteiger partial charge in [-0.1, -0.05) is 38.7 Å². The van der Waals surface area contributed by atoms with Crippen molar-refractivity contribution in [1.29, 1.82) is 0 Å². The molecule has 1 atom stereocenters. The largest absolute Gasteiger partial charge is 0.454 e. The molecule has 5 nitrogen and oxygen atoms in total. The fourth-order valence-corrected chi connectivity index (χ4v) is 3.29. The number of nitrogens with zero attached hydrogens (tertiary/aromatic N) is 2. The molecule has 0 saturated heterocycles. The van der Waals surface area contributed by atoms with Gasteiger partial charge in [0, 0.05) is 11.3 Å². The summed E-state index contributed by atoms with van der Waals surface area (Å²) in [7, 11) is 0. The van der Waals surface area contributed by atoms with Gasteiger partial charge in [0.15, 0.2) is 0 Å². The summed E-state index contributed by atoms with van der Waals surface area (Å²) < 4.78 is 5.53. The highest BCUT2D eigenvalue weighted by Gasteiger charge is 2.32. The number of benzene rings is 1. The molecule has 5 heteroatoms. The van der Waals surface area contributed by atoms with Crippen LogP contribution in [0.2, 0.25) is 0 Å². The Morgan fingerprint density at radius 2 is 2.00 bits per heavy atom. The zero-order chi connectivity index (χ0) is 17.1. The average molecular weight is 328 g/mol. The second kappa shape index (κ2) is 7.16. The maximum absolute atomic E-state index is 12.2. The number of carbonyl (C=O) groups is 2. The molecule has 1 unspecified atom stereocenters. The molecular weight excluding hydrogens is 304 g/mol. The van der Waals surface area contributed by atoms with Gasteiger partial charge in [-0.3, -0.25) is 4.79 Å². The molecule has 0 N–H and O–H groups in total. The summed E-state index contributed by atoms with van der Waals surface area (Å²) in [5, 5.41) is 5.61. The van der Waals surface area contributed by atoms with E-state index < -0.39 is 0 Å². The van der Waals surface area contributed by atoms with Crippen LogP contribution in [0.25, 0.3) is 0 Å². The molecule has 0 bridgehead atoms. The van der Waals surface area contributed by atoms with E-state index in [2.05, 4.69) is 12.0 Å². The van der Waals surface area contributed by atoms with Gasteiger partial charge in [-0.15, -0.1) is 0 Å². The van der Waals surface area contributed by atoms with Gasteiger partial charge in [-0.25, -0.2) is 9.80 Å². The summed E-state index contributed by atoms with van der Waals surface area (Å²) in [6, 6.07) is 5.49. The van der Waals surface area contributed by atoms with Crippen LogP contribution in [0.15, 0.2) is 23.3 Å². The number of carbonyl (C=O) groups excluding carboxylic acids is 2. The van der Waals surface area contributed by atoms with E-state index >= 15 is 0 Å². The molecule has 0 fully saturated rings. The van der Waals surface area contributed by atoms with Gasteiger partial charge >= 0.3 is 5.97 Å². The van der Waals surface area contributed by atoms with Crippen molar-refractivity contribution >= 4 is 23.3 Å². The molecule has 1 amide bonds. The summed E-state index contributed by atoms with van der Waals surface area (Å²) >= 11 is 0. The Morgan fingerprint density at radius 3 is 2.71 bits per heavy atom. The van der Waals surface area contributed by atoms with Crippen LogP contribution in [0.4, 0.5) is 5.69 Å². The molecule has 24 heavy (non-hydrogen) atoms. The van der Waals surface area contributed by atoms with Gasteiger partial charge in [0.1, 0.15) is 6.10 Å². The number of cyclic esters (lactones) is 1. The normalized spacial score (nSPS) is 19.5. The molecule has 0 saturated carbocycles. The Bertz CT molecular complexity index is 681. The number of ether oxygens (including phenoxy) is 1. The zero-order valence-corrected chi connectivity index (χ0v) is 14.4. The molecule has 128 valence electrons. The molecule has 1 aromatic rings. The Balaban J connectivity index is 1.70. The number of amides is 1. The van der Waals surface area contributed by atoms with Crippen molar-refractivity contribution in [2.75, 3.05) is 5.01 Å². The van der Waals surface area contributed by atoms with E-state index in [4.69, 9.17) is 4.74 Å². The third-order valence-corrected chi connectivity index (χ3v) is 4.58. The lowest BCUT2D eigenvalue weighted by Gasteiger charge is -2.13. The Labute approximate surface area is 142 Å². The van der Waals surface area contributed by atoms with Crippen molar-refractivity contribution in [2.24, 2.45) is 5.10 Å². The van der Waals surface area contributed by atoms with Crippen LogP contribution in [-0.4, -0.2) is 17.6 Å². The van der Waals surface area contributed by atoms with Crippen LogP contribution in [0.5, 0.6) is 0 Å². The number of hydrogen-bond donors (Lipinski definition) is 0. The number of esters is 1. The van der Waals surface area contributed by atoms with E-state index in [-0.39, 0.29) is 18.0 Å². The number of unbranched alkanes of at least 4 members (excludes halogenated alkanes) is 4. The first-order valence-electron chi connectivity index (χ1n) is 8.82. The second-order valence-electron chi connectivity index (χ2n) is 6.59. The topological polar surface area (TPSA) is 59.0 Å². The van der Waals surface area contributed by atoms with Gasteiger partial charge < -0.3 is 4.74 Å². The minimum absolute atomic E-state index is 0.0636. The van der Waals surface area contributed by atoms with Crippen molar-refractivity contribution in [3.8, 4) is 0 Å². The molecule has 3 rings (SSSR count). The van der Waals surface area contributed by atoms with Gasteiger partial charge in [-0.05, 0) is 31.9 Å². The fraction of sp³-hybridized carbons (Fsp3) is 0.526. The van der Waals surface area contributed by atoms with Gasteiger partial charge in [0.25, 0.3) is 5.91 Å². The van der Waals surface area contributed by atoms with Crippen LogP contribution in [-0.2, 0) is 9.53 Å². The lowest BCUT2D eigenvalue weighted by molar-refractivity contribution is -0.116. The quantitative estimate of drug-likeness (QED) is 0.551. The van der Waals surface area contributed by atoms with Crippen molar-refractivity contribution in [3.63, 3.8) is 0 Å². The maximum Gasteiger partial charge on any atom is 0.339 e.